The highest BCUT2D eigenvalue weighted by Gasteiger charge is 2.40. The molecule has 0 aliphatic heterocycles. The molecule has 1 aromatic rings. The second-order valence-corrected chi connectivity index (χ2v) is 4.34. The van der Waals surface area contributed by atoms with Crippen molar-refractivity contribution in [1.82, 2.24) is 4.98 Å². The number of carboxylic acid groups (broad SMARTS) is 1. The van der Waals surface area contributed by atoms with E-state index in [1.165, 1.54) is 6.07 Å². The van der Waals surface area contributed by atoms with Crippen LogP contribution < -0.4 is 10.3 Å². The van der Waals surface area contributed by atoms with E-state index in [9.17, 15) is 22.8 Å². The maximum Gasteiger partial charge on any atom is 0.421 e. The number of carbonyl (C=O) groups is 1. The number of hydrogen-bond donors (Lipinski definition) is 2. The van der Waals surface area contributed by atoms with Crippen LogP contribution in [0, 0.1) is 11.3 Å². The van der Waals surface area contributed by atoms with Crippen LogP contribution in [0.15, 0.2) is 9.82 Å². The lowest BCUT2D eigenvalue weighted by molar-refractivity contribution is -0.139. The van der Waals surface area contributed by atoms with E-state index < -0.39 is 45.4 Å². The van der Waals surface area contributed by atoms with Gasteiger partial charge in [-0.15, -0.1) is 0 Å². The zero-order chi connectivity index (χ0) is 15.5. The summed E-state index contributed by atoms with van der Waals surface area (Å²) < 4.78 is 43.2. The second-order valence-electron chi connectivity index (χ2n) is 3.36. The summed E-state index contributed by atoms with van der Waals surface area (Å²) in [6.45, 7) is 0. The summed E-state index contributed by atoms with van der Waals surface area (Å²) in [5, 5.41) is 16.9. The number of halogens is 3. The lowest BCUT2D eigenvalue weighted by atomic mass is 10.1. The Balaban J connectivity index is 3.58. The molecule has 0 spiro atoms. The van der Waals surface area contributed by atoms with Crippen LogP contribution in [0.5, 0.6) is 5.75 Å². The van der Waals surface area contributed by atoms with Gasteiger partial charge in [0, 0.05) is 0 Å². The van der Waals surface area contributed by atoms with E-state index in [0.29, 0.717) is 11.8 Å². The van der Waals surface area contributed by atoms with Gasteiger partial charge in [0.05, 0.1) is 23.5 Å². The Morgan fingerprint density at radius 3 is 2.55 bits per heavy atom. The Kier molecular flexibility index (Phi) is 4.67. The molecule has 0 aliphatic carbocycles. The normalized spacial score (nSPS) is 10.9. The molecule has 1 aromatic heterocycles. The van der Waals surface area contributed by atoms with Gasteiger partial charge in [0.15, 0.2) is 5.75 Å². The first-order valence-corrected chi connectivity index (χ1v) is 5.87. The molecule has 1 heterocycles. The molecule has 2 N–H and O–H groups in total. The smallest absolute Gasteiger partial charge is 0.421 e. The number of alkyl halides is 3. The Bertz CT molecular complexity index is 633. The second kappa shape index (κ2) is 5.87. The zero-order valence-electron chi connectivity index (χ0n) is 9.87. The molecular formula is C10H7F3N2O4S. The molecule has 108 valence electrons. The Morgan fingerprint density at radius 1 is 1.55 bits per heavy atom. The number of methoxy groups -OCH3 is 1. The van der Waals surface area contributed by atoms with Crippen LogP contribution in [0.1, 0.15) is 11.1 Å². The Morgan fingerprint density at radius 2 is 2.15 bits per heavy atom. The first kappa shape index (κ1) is 15.9. The average molecular weight is 308 g/mol. The predicted octanol–water partition coefficient (Wildman–Crippen LogP) is 1.45. The monoisotopic (exact) mass is 308 g/mol. The molecule has 0 saturated heterocycles. The number of pyridine rings is 1. The molecule has 10 heteroatoms. The minimum atomic E-state index is -4.98. The van der Waals surface area contributed by atoms with E-state index in [1.54, 1.807) is 0 Å². The maximum absolute atomic E-state index is 12.9. The van der Waals surface area contributed by atoms with Crippen LogP contribution in [0.4, 0.5) is 13.2 Å². The van der Waals surface area contributed by atoms with Crippen molar-refractivity contribution in [2.45, 2.75) is 11.2 Å². The number of aromatic nitrogens is 1. The van der Waals surface area contributed by atoms with Gasteiger partial charge in [-0.1, -0.05) is 11.8 Å². The molecule has 6 nitrogen and oxygen atoms in total. The zero-order valence-corrected chi connectivity index (χ0v) is 10.7. The fraction of sp³-hybridized carbons (Fsp3) is 0.300. The molecule has 20 heavy (non-hydrogen) atoms. The number of aliphatic carboxylic acids is 1. The molecule has 0 bridgehead atoms. The highest BCUT2D eigenvalue weighted by atomic mass is 32.2. The fourth-order valence-corrected chi connectivity index (χ4v) is 2.10. The van der Waals surface area contributed by atoms with Crippen molar-refractivity contribution in [1.29, 1.82) is 5.26 Å². The summed E-state index contributed by atoms with van der Waals surface area (Å²) in [6.07, 6.45) is -4.98. The molecule has 0 amide bonds. The SMILES string of the molecule is COc1c(C(F)(F)F)c(C#N)c(SCC(=O)O)[nH]c1=O. The Labute approximate surface area is 114 Å². The molecule has 0 saturated carbocycles. The number of rotatable bonds is 4. The van der Waals surface area contributed by atoms with Gasteiger partial charge in [-0.2, -0.15) is 18.4 Å². The molecule has 1 rings (SSSR count). The van der Waals surface area contributed by atoms with Crippen LogP contribution in [-0.4, -0.2) is 28.9 Å². The summed E-state index contributed by atoms with van der Waals surface area (Å²) in [5.74, 6) is -2.94. The van der Waals surface area contributed by atoms with E-state index in [2.05, 4.69) is 4.74 Å². The molecular weight excluding hydrogens is 301 g/mol. The molecule has 0 atom stereocenters. The minimum absolute atomic E-state index is 0.410. The van der Waals surface area contributed by atoms with Gasteiger partial charge < -0.3 is 14.8 Å². The molecule has 0 unspecified atom stereocenters. The van der Waals surface area contributed by atoms with Crippen LogP contribution in [-0.2, 0) is 11.0 Å². The Hall–Kier alpha value is -2.15. The van der Waals surface area contributed by atoms with E-state index in [4.69, 9.17) is 10.4 Å². The first-order valence-electron chi connectivity index (χ1n) is 4.88. The lowest BCUT2D eigenvalue weighted by Gasteiger charge is -2.14. The number of nitrogens with zero attached hydrogens (tertiary/aromatic N) is 1. The van der Waals surface area contributed by atoms with Crippen molar-refractivity contribution in [2.75, 3.05) is 12.9 Å². The van der Waals surface area contributed by atoms with Crippen molar-refractivity contribution < 1.29 is 27.8 Å². The summed E-state index contributed by atoms with van der Waals surface area (Å²) in [4.78, 5) is 23.9. The third-order valence-electron chi connectivity index (χ3n) is 2.08. The molecule has 0 radical (unpaired) electrons. The van der Waals surface area contributed by atoms with Gasteiger partial charge in [-0.25, -0.2) is 0 Å². The molecule has 0 fully saturated rings. The average Bonchev–Trinajstić information content (AvgIpc) is 2.34. The summed E-state index contributed by atoms with van der Waals surface area (Å²) in [5.41, 5.74) is -3.58. The quantitative estimate of drug-likeness (QED) is 0.816. The minimum Gasteiger partial charge on any atom is -0.491 e. The van der Waals surface area contributed by atoms with Crippen LogP contribution in [0.25, 0.3) is 0 Å². The van der Waals surface area contributed by atoms with Crippen molar-refractivity contribution in [2.24, 2.45) is 0 Å². The van der Waals surface area contributed by atoms with Gasteiger partial charge in [0.2, 0.25) is 0 Å². The third kappa shape index (κ3) is 3.24. The number of aromatic amines is 1. The molecule has 0 aromatic carbocycles. The number of ether oxygens (including phenoxy) is 1. The summed E-state index contributed by atoms with van der Waals surface area (Å²) in [6, 6.07) is 1.31. The fourth-order valence-electron chi connectivity index (χ4n) is 1.38. The van der Waals surface area contributed by atoms with Gasteiger partial charge in [0.1, 0.15) is 11.6 Å². The number of nitrogens with one attached hydrogen (secondary N) is 1. The molecule has 0 aliphatic rings. The standard InChI is InChI=1S/C10H7F3N2O4S/c1-19-7-6(10(11,12)13)4(2-14)9(15-8(7)18)20-3-5(16)17/h3H2,1H3,(H,15,18)(H,16,17). The first-order chi connectivity index (χ1) is 9.22. The van der Waals surface area contributed by atoms with Crippen molar-refractivity contribution in [3.05, 3.63) is 21.5 Å². The number of thioether (sulfide) groups is 1. The van der Waals surface area contributed by atoms with Crippen LogP contribution >= 0.6 is 11.8 Å². The number of hydrogen-bond acceptors (Lipinski definition) is 5. The highest BCUT2D eigenvalue weighted by molar-refractivity contribution is 7.99. The van der Waals surface area contributed by atoms with Gasteiger partial charge in [-0.05, 0) is 0 Å². The number of carboxylic acids is 1. The number of nitriles is 1. The van der Waals surface area contributed by atoms with Crippen molar-refractivity contribution in [3.8, 4) is 11.8 Å². The van der Waals surface area contributed by atoms with Crippen LogP contribution in [0.2, 0.25) is 0 Å². The van der Waals surface area contributed by atoms with Gasteiger partial charge >= 0.3 is 12.1 Å². The maximum atomic E-state index is 12.9. The van der Waals surface area contributed by atoms with E-state index in [-0.39, 0.29) is 0 Å². The third-order valence-corrected chi connectivity index (χ3v) is 3.06. The largest absolute Gasteiger partial charge is 0.491 e. The van der Waals surface area contributed by atoms with Crippen molar-refractivity contribution in [3.63, 3.8) is 0 Å². The topological polar surface area (TPSA) is 103 Å². The van der Waals surface area contributed by atoms with E-state index in [1.807, 2.05) is 4.98 Å². The summed E-state index contributed by atoms with van der Waals surface area (Å²) in [7, 11) is 0.866. The highest BCUT2D eigenvalue weighted by Crippen LogP contribution is 2.39. The van der Waals surface area contributed by atoms with Crippen molar-refractivity contribution >= 4 is 17.7 Å². The van der Waals surface area contributed by atoms with E-state index >= 15 is 0 Å². The lowest BCUT2D eigenvalue weighted by Crippen LogP contribution is -2.21. The van der Waals surface area contributed by atoms with Gasteiger partial charge in [0.25, 0.3) is 5.56 Å². The number of H-pyrrole nitrogens is 1. The summed E-state index contributed by atoms with van der Waals surface area (Å²) >= 11 is 0.410. The predicted molar refractivity (Wildman–Crippen MR) is 61.7 cm³/mol. The van der Waals surface area contributed by atoms with Crippen LogP contribution in [0.3, 0.4) is 0 Å². The van der Waals surface area contributed by atoms with E-state index in [0.717, 1.165) is 7.11 Å². The van der Waals surface area contributed by atoms with Gasteiger partial charge in [-0.3, -0.25) is 9.59 Å².